The Labute approximate surface area is 128 Å². The number of aromatic nitrogens is 2. The third-order valence-corrected chi connectivity index (χ3v) is 3.45. The number of anilines is 1. The van der Waals surface area contributed by atoms with E-state index in [1.165, 1.54) is 0 Å². The van der Waals surface area contributed by atoms with Crippen molar-refractivity contribution in [2.24, 2.45) is 0 Å². The van der Waals surface area contributed by atoms with Gasteiger partial charge in [-0.3, -0.25) is 0 Å². The van der Waals surface area contributed by atoms with Gasteiger partial charge in [0.2, 0.25) is 0 Å². The molecule has 1 N–H and O–H groups in total. The van der Waals surface area contributed by atoms with Gasteiger partial charge in [0.1, 0.15) is 17.3 Å². The predicted molar refractivity (Wildman–Crippen MR) is 87.5 cm³/mol. The Balaban J connectivity index is 2.28. The van der Waals surface area contributed by atoms with E-state index < -0.39 is 0 Å². The highest BCUT2D eigenvalue weighted by atomic mass is 16.5. The standard InChI is InChI=1S/C17H17N3O2/c1-20(2)17-13-10-11(22-3)8-9-14(13)18-16(19-17)12-6-4-5-7-15(12)21/h4-10,21H,1-3H3. The van der Waals surface area contributed by atoms with E-state index in [0.29, 0.717) is 11.4 Å². The van der Waals surface area contributed by atoms with Gasteiger partial charge in [-0.05, 0) is 30.3 Å². The molecule has 0 aliphatic heterocycles. The molecular weight excluding hydrogens is 278 g/mol. The van der Waals surface area contributed by atoms with Gasteiger partial charge in [0.05, 0.1) is 18.2 Å². The molecule has 0 bridgehead atoms. The van der Waals surface area contributed by atoms with Crippen LogP contribution in [0.5, 0.6) is 11.5 Å². The van der Waals surface area contributed by atoms with E-state index in [0.717, 1.165) is 22.5 Å². The molecule has 2 aromatic carbocycles. The lowest BCUT2D eigenvalue weighted by atomic mass is 10.1. The molecule has 3 rings (SSSR count). The summed E-state index contributed by atoms with van der Waals surface area (Å²) in [5.74, 6) is 2.20. The van der Waals surface area contributed by atoms with Crippen molar-refractivity contribution in [1.29, 1.82) is 0 Å². The Morgan fingerprint density at radius 3 is 2.50 bits per heavy atom. The second-order valence-corrected chi connectivity index (χ2v) is 5.17. The number of hydrogen-bond acceptors (Lipinski definition) is 5. The molecule has 0 aliphatic rings. The normalized spacial score (nSPS) is 10.7. The van der Waals surface area contributed by atoms with Crippen molar-refractivity contribution in [3.8, 4) is 22.9 Å². The van der Waals surface area contributed by atoms with Gasteiger partial charge in [-0.2, -0.15) is 0 Å². The molecule has 5 nitrogen and oxygen atoms in total. The summed E-state index contributed by atoms with van der Waals surface area (Å²) in [5.41, 5.74) is 1.42. The van der Waals surface area contributed by atoms with Crippen LogP contribution < -0.4 is 9.64 Å². The molecule has 1 aromatic heterocycles. The molecule has 3 aromatic rings. The Kier molecular flexibility index (Phi) is 3.55. The number of hydrogen-bond donors (Lipinski definition) is 1. The number of benzene rings is 2. The summed E-state index contributed by atoms with van der Waals surface area (Å²) in [6.07, 6.45) is 0. The van der Waals surface area contributed by atoms with Crippen LogP contribution in [0.15, 0.2) is 42.5 Å². The maximum Gasteiger partial charge on any atom is 0.165 e. The number of phenols is 1. The number of phenolic OH excluding ortho intramolecular Hbond substituents is 1. The Bertz CT molecular complexity index is 831. The van der Waals surface area contributed by atoms with Gasteiger partial charge in [0.25, 0.3) is 0 Å². The summed E-state index contributed by atoms with van der Waals surface area (Å²) in [6.45, 7) is 0. The van der Waals surface area contributed by atoms with E-state index in [1.807, 2.05) is 43.3 Å². The van der Waals surface area contributed by atoms with Crippen molar-refractivity contribution in [1.82, 2.24) is 9.97 Å². The summed E-state index contributed by atoms with van der Waals surface area (Å²) in [6, 6.07) is 12.7. The predicted octanol–water partition coefficient (Wildman–Crippen LogP) is 3.08. The minimum Gasteiger partial charge on any atom is -0.507 e. The maximum atomic E-state index is 10.0. The van der Waals surface area contributed by atoms with Crippen molar-refractivity contribution in [3.05, 3.63) is 42.5 Å². The number of aromatic hydroxyl groups is 1. The molecule has 112 valence electrons. The van der Waals surface area contributed by atoms with Crippen LogP contribution in [0.1, 0.15) is 0 Å². The third kappa shape index (κ3) is 2.41. The highest BCUT2D eigenvalue weighted by Crippen LogP contribution is 2.32. The molecule has 0 unspecified atom stereocenters. The molecule has 0 aliphatic carbocycles. The van der Waals surface area contributed by atoms with E-state index in [-0.39, 0.29) is 5.75 Å². The smallest absolute Gasteiger partial charge is 0.165 e. The van der Waals surface area contributed by atoms with Crippen LogP contribution in [-0.4, -0.2) is 36.3 Å². The zero-order valence-corrected chi connectivity index (χ0v) is 12.7. The number of nitrogens with zero attached hydrogens (tertiary/aromatic N) is 3. The maximum absolute atomic E-state index is 10.0. The molecule has 5 heteroatoms. The molecular formula is C17H17N3O2. The van der Waals surface area contributed by atoms with Gasteiger partial charge in [-0.25, -0.2) is 9.97 Å². The van der Waals surface area contributed by atoms with Crippen LogP contribution >= 0.6 is 0 Å². The number of methoxy groups -OCH3 is 1. The van der Waals surface area contributed by atoms with Crippen molar-refractivity contribution < 1.29 is 9.84 Å². The Morgan fingerprint density at radius 1 is 1.05 bits per heavy atom. The molecule has 0 saturated carbocycles. The number of rotatable bonds is 3. The average molecular weight is 295 g/mol. The van der Waals surface area contributed by atoms with E-state index in [2.05, 4.69) is 9.97 Å². The zero-order valence-electron chi connectivity index (χ0n) is 12.7. The van der Waals surface area contributed by atoms with Crippen LogP contribution in [0, 0.1) is 0 Å². The van der Waals surface area contributed by atoms with Crippen LogP contribution in [0.3, 0.4) is 0 Å². The van der Waals surface area contributed by atoms with Gasteiger partial charge in [-0.1, -0.05) is 12.1 Å². The zero-order chi connectivity index (χ0) is 15.7. The highest BCUT2D eigenvalue weighted by Gasteiger charge is 2.13. The first-order valence-electron chi connectivity index (χ1n) is 6.91. The number of para-hydroxylation sites is 1. The van der Waals surface area contributed by atoms with Crippen molar-refractivity contribution in [2.75, 3.05) is 26.1 Å². The molecule has 0 radical (unpaired) electrons. The summed E-state index contributed by atoms with van der Waals surface area (Å²) in [4.78, 5) is 11.1. The monoisotopic (exact) mass is 295 g/mol. The van der Waals surface area contributed by atoms with E-state index in [9.17, 15) is 5.11 Å². The fourth-order valence-corrected chi connectivity index (χ4v) is 2.34. The quantitative estimate of drug-likeness (QED) is 0.804. The topological polar surface area (TPSA) is 58.5 Å². The van der Waals surface area contributed by atoms with Crippen molar-refractivity contribution in [3.63, 3.8) is 0 Å². The van der Waals surface area contributed by atoms with Gasteiger partial charge in [0.15, 0.2) is 5.82 Å². The Hall–Kier alpha value is -2.82. The molecule has 0 saturated heterocycles. The van der Waals surface area contributed by atoms with Crippen molar-refractivity contribution >= 4 is 16.7 Å². The van der Waals surface area contributed by atoms with Gasteiger partial charge >= 0.3 is 0 Å². The molecule has 0 fully saturated rings. The van der Waals surface area contributed by atoms with Gasteiger partial charge in [0, 0.05) is 19.5 Å². The van der Waals surface area contributed by atoms with Gasteiger partial charge in [-0.15, -0.1) is 0 Å². The minimum atomic E-state index is 0.167. The first-order valence-corrected chi connectivity index (χ1v) is 6.91. The lowest BCUT2D eigenvalue weighted by Gasteiger charge is -2.16. The van der Waals surface area contributed by atoms with E-state index in [1.54, 1.807) is 25.3 Å². The molecule has 22 heavy (non-hydrogen) atoms. The van der Waals surface area contributed by atoms with Gasteiger partial charge < -0.3 is 14.7 Å². The second-order valence-electron chi connectivity index (χ2n) is 5.17. The summed E-state index contributed by atoms with van der Waals surface area (Å²) in [7, 11) is 5.49. The first kappa shape index (κ1) is 14.1. The third-order valence-electron chi connectivity index (χ3n) is 3.45. The van der Waals surface area contributed by atoms with Crippen LogP contribution in [0.2, 0.25) is 0 Å². The van der Waals surface area contributed by atoms with E-state index >= 15 is 0 Å². The highest BCUT2D eigenvalue weighted by molar-refractivity contribution is 5.92. The lowest BCUT2D eigenvalue weighted by Crippen LogP contribution is -2.12. The average Bonchev–Trinajstić information content (AvgIpc) is 2.53. The molecule has 1 heterocycles. The SMILES string of the molecule is COc1ccc2nc(-c3ccccc3O)nc(N(C)C)c2c1. The van der Waals surface area contributed by atoms with Crippen LogP contribution in [0.4, 0.5) is 5.82 Å². The van der Waals surface area contributed by atoms with Crippen LogP contribution in [-0.2, 0) is 0 Å². The second kappa shape index (κ2) is 5.52. The Morgan fingerprint density at radius 2 is 1.82 bits per heavy atom. The molecule has 0 spiro atoms. The summed E-state index contributed by atoms with van der Waals surface area (Å²) >= 11 is 0. The van der Waals surface area contributed by atoms with Crippen molar-refractivity contribution in [2.45, 2.75) is 0 Å². The first-order chi connectivity index (χ1) is 10.6. The summed E-state index contributed by atoms with van der Waals surface area (Å²) in [5, 5.41) is 10.9. The lowest BCUT2D eigenvalue weighted by molar-refractivity contribution is 0.415. The molecule has 0 atom stereocenters. The number of fused-ring (bicyclic) bond motifs is 1. The largest absolute Gasteiger partial charge is 0.507 e. The summed E-state index contributed by atoms with van der Waals surface area (Å²) < 4.78 is 5.28. The minimum absolute atomic E-state index is 0.167. The van der Waals surface area contributed by atoms with Crippen LogP contribution in [0.25, 0.3) is 22.3 Å². The molecule has 0 amide bonds. The fourth-order valence-electron chi connectivity index (χ4n) is 2.34. The van der Waals surface area contributed by atoms with E-state index in [4.69, 9.17) is 4.74 Å². The number of ether oxygens (including phenoxy) is 1. The fraction of sp³-hybridized carbons (Fsp3) is 0.176.